The highest BCUT2D eigenvalue weighted by Crippen LogP contribution is 2.29. The van der Waals surface area contributed by atoms with Crippen molar-refractivity contribution in [1.82, 2.24) is 14.8 Å². The van der Waals surface area contributed by atoms with Gasteiger partial charge in [-0.25, -0.2) is 12.8 Å². The van der Waals surface area contributed by atoms with Crippen molar-refractivity contribution < 1.29 is 26.9 Å². The average Bonchev–Trinajstić information content (AvgIpc) is 3.47. The Balaban J connectivity index is 1.49. The van der Waals surface area contributed by atoms with Crippen LogP contribution in [-0.2, 0) is 19.6 Å². The van der Waals surface area contributed by atoms with Gasteiger partial charge in [0.1, 0.15) is 11.5 Å². The van der Waals surface area contributed by atoms with Crippen molar-refractivity contribution >= 4 is 28.1 Å². The van der Waals surface area contributed by atoms with Crippen molar-refractivity contribution in [1.29, 1.82) is 0 Å². The summed E-state index contributed by atoms with van der Waals surface area (Å²) < 4.78 is 53.0. The minimum atomic E-state index is -3.96. The van der Waals surface area contributed by atoms with Gasteiger partial charge in [0.05, 0.1) is 12.0 Å². The molecule has 33 heavy (non-hydrogen) atoms. The Hall–Kier alpha value is -2.56. The van der Waals surface area contributed by atoms with Gasteiger partial charge in [0.25, 0.3) is 0 Å². The maximum Gasteiger partial charge on any atom is 0.248 e. The molecule has 0 unspecified atom stereocenters. The van der Waals surface area contributed by atoms with Gasteiger partial charge in [0, 0.05) is 31.8 Å². The number of carbonyl (C=O) groups excluding carboxylic acids is 1. The van der Waals surface area contributed by atoms with E-state index in [0.29, 0.717) is 38.1 Å². The molecule has 2 fully saturated rings. The third-order valence-electron chi connectivity index (χ3n) is 6.03. The Morgan fingerprint density at radius 2 is 2.09 bits per heavy atom. The van der Waals surface area contributed by atoms with Crippen LogP contribution in [0.15, 0.2) is 33.7 Å². The maximum absolute atomic E-state index is 13.9. The molecule has 3 heterocycles. The molecule has 2 aromatic rings. The van der Waals surface area contributed by atoms with Crippen LogP contribution in [0.3, 0.4) is 0 Å². The monoisotopic (exact) mass is 477 g/mol. The molecule has 1 amide bonds. The van der Waals surface area contributed by atoms with E-state index in [1.165, 1.54) is 22.5 Å². The molecule has 0 bridgehead atoms. The number of aryl methyl sites for hydroxylation is 1. The van der Waals surface area contributed by atoms with E-state index in [-0.39, 0.29) is 34.9 Å². The first-order chi connectivity index (χ1) is 15.9. The first kappa shape index (κ1) is 23.6. The second kappa shape index (κ2) is 10.1. The molecule has 0 saturated carbocycles. The van der Waals surface area contributed by atoms with Crippen LogP contribution in [0.5, 0.6) is 0 Å². The van der Waals surface area contributed by atoms with Crippen LogP contribution in [0.1, 0.15) is 42.7 Å². The summed E-state index contributed by atoms with van der Waals surface area (Å²) in [5, 5.41) is 6.73. The molecule has 4 rings (SSSR count). The molecule has 1 aromatic heterocycles. The van der Waals surface area contributed by atoms with E-state index in [1.807, 2.05) is 0 Å². The third kappa shape index (κ3) is 5.34. The van der Waals surface area contributed by atoms with Crippen LogP contribution in [0, 0.1) is 18.7 Å². The topological polar surface area (TPSA) is 102 Å². The van der Waals surface area contributed by atoms with Gasteiger partial charge in [-0.15, -0.1) is 0 Å². The van der Waals surface area contributed by atoms with Gasteiger partial charge < -0.3 is 14.6 Å². The summed E-state index contributed by atoms with van der Waals surface area (Å²) in [6.07, 6.45) is 5.98. The number of amides is 1. The zero-order chi connectivity index (χ0) is 23.4. The van der Waals surface area contributed by atoms with Gasteiger partial charge in [-0.3, -0.25) is 4.79 Å². The average molecular weight is 478 g/mol. The smallest absolute Gasteiger partial charge is 0.248 e. The van der Waals surface area contributed by atoms with E-state index in [9.17, 15) is 17.6 Å². The number of sulfonamides is 1. The fourth-order valence-corrected chi connectivity index (χ4v) is 6.02. The minimum Gasteiger partial charge on any atom is -0.376 e. The molecule has 1 N–H and O–H groups in total. The standard InChI is InChI=1S/C23H28FN3O5S/c1-16-22(21(32-26-16)11-10-17-6-2-3-9-20(17)24)33(29,30)27-12-4-7-18(15-27)23(28)25-14-19-8-5-13-31-19/h2-3,6,9-11,18-19H,4-5,7-8,12-15H2,1H3,(H,25,28)/b11-10+/t18-,19+/m1/s1. The normalized spacial score (nSPS) is 22.1. The van der Waals surface area contributed by atoms with Crippen molar-refractivity contribution in [2.24, 2.45) is 5.92 Å². The molecule has 8 nitrogen and oxygen atoms in total. The lowest BCUT2D eigenvalue weighted by Gasteiger charge is -2.31. The summed E-state index contributed by atoms with van der Waals surface area (Å²) >= 11 is 0. The lowest BCUT2D eigenvalue weighted by atomic mass is 9.99. The number of hydrogen-bond donors (Lipinski definition) is 1. The molecule has 0 aliphatic carbocycles. The van der Waals surface area contributed by atoms with Crippen LogP contribution in [0.2, 0.25) is 0 Å². The highest BCUT2D eigenvalue weighted by molar-refractivity contribution is 7.89. The number of aromatic nitrogens is 1. The predicted molar refractivity (Wildman–Crippen MR) is 120 cm³/mol. The highest BCUT2D eigenvalue weighted by atomic mass is 32.2. The fourth-order valence-electron chi connectivity index (χ4n) is 4.24. The van der Waals surface area contributed by atoms with E-state index in [0.717, 1.165) is 12.8 Å². The quantitative estimate of drug-likeness (QED) is 0.658. The van der Waals surface area contributed by atoms with E-state index < -0.39 is 21.8 Å². The Bertz CT molecular complexity index is 1120. The lowest BCUT2D eigenvalue weighted by molar-refractivity contribution is -0.126. The molecule has 0 radical (unpaired) electrons. The van der Waals surface area contributed by atoms with Crippen molar-refractivity contribution in [3.63, 3.8) is 0 Å². The number of piperidine rings is 1. The van der Waals surface area contributed by atoms with Crippen molar-refractivity contribution in [3.8, 4) is 0 Å². The summed E-state index contributed by atoms with van der Waals surface area (Å²) in [6, 6.07) is 6.16. The third-order valence-corrected chi connectivity index (χ3v) is 8.06. The number of halogens is 1. The van der Waals surface area contributed by atoms with Crippen LogP contribution in [0.25, 0.3) is 12.2 Å². The van der Waals surface area contributed by atoms with E-state index in [4.69, 9.17) is 9.26 Å². The zero-order valence-electron chi connectivity index (χ0n) is 18.5. The zero-order valence-corrected chi connectivity index (χ0v) is 19.3. The molecule has 2 aliphatic heterocycles. The molecule has 2 aliphatic rings. The molecule has 1 aromatic carbocycles. The maximum atomic E-state index is 13.9. The van der Waals surface area contributed by atoms with Crippen molar-refractivity contribution in [2.75, 3.05) is 26.2 Å². The van der Waals surface area contributed by atoms with Crippen LogP contribution < -0.4 is 5.32 Å². The van der Waals surface area contributed by atoms with Gasteiger partial charge >= 0.3 is 0 Å². The van der Waals surface area contributed by atoms with E-state index in [2.05, 4.69) is 10.5 Å². The van der Waals surface area contributed by atoms with Gasteiger partial charge in [-0.05, 0) is 50.8 Å². The van der Waals surface area contributed by atoms with Crippen molar-refractivity contribution in [3.05, 3.63) is 47.1 Å². The summed E-state index contributed by atoms with van der Waals surface area (Å²) in [6.45, 7) is 3.09. The molecule has 0 spiro atoms. The Kier molecular flexibility index (Phi) is 7.26. The number of benzene rings is 1. The molecular formula is C23H28FN3O5S. The number of nitrogens with zero attached hydrogens (tertiary/aromatic N) is 2. The highest BCUT2D eigenvalue weighted by Gasteiger charge is 2.37. The molecule has 178 valence electrons. The Morgan fingerprint density at radius 1 is 1.27 bits per heavy atom. The number of ether oxygens (including phenoxy) is 1. The molecular weight excluding hydrogens is 449 g/mol. The molecule has 2 saturated heterocycles. The van der Waals surface area contributed by atoms with Crippen LogP contribution in [0.4, 0.5) is 4.39 Å². The fraction of sp³-hybridized carbons (Fsp3) is 0.478. The summed E-state index contributed by atoms with van der Waals surface area (Å²) in [5.41, 5.74) is 0.518. The molecule has 10 heteroatoms. The first-order valence-electron chi connectivity index (χ1n) is 11.1. The second-order valence-electron chi connectivity index (χ2n) is 8.40. The summed E-state index contributed by atoms with van der Waals surface area (Å²) in [7, 11) is -3.96. The second-order valence-corrected chi connectivity index (χ2v) is 10.3. The minimum absolute atomic E-state index is 0.0284. The van der Waals surface area contributed by atoms with Gasteiger partial charge in [0.2, 0.25) is 15.9 Å². The number of carbonyl (C=O) groups is 1. The predicted octanol–water partition coefficient (Wildman–Crippen LogP) is 2.99. The Labute approximate surface area is 192 Å². The van der Waals surface area contributed by atoms with E-state index in [1.54, 1.807) is 25.1 Å². The van der Waals surface area contributed by atoms with Gasteiger partial charge in [0.15, 0.2) is 10.7 Å². The SMILES string of the molecule is Cc1noc(/C=C/c2ccccc2F)c1S(=O)(=O)N1CCC[C@@H](C(=O)NC[C@@H]2CCCO2)C1. The first-order valence-corrected chi connectivity index (χ1v) is 12.6. The Morgan fingerprint density at radius 3 is 2.85 bits per heavy atom. The van der Waals surface area contributed by atoms with Crippen LogP contribution in [-0.4, -0.2) is 56.1 Å². The summed E-state index contributed by atoms with van der Waals surface area (Å²) in [4.78, 5) is 12.6. The number of hydrogen-bond acceptors (Lipinski definition) is 6. The van der Waals surface area contributed by atoms with E-state index >= 15 is 0 Å². The molecule has 2 atom stereocenters. The lowest BCUT2D eigenvalue weighted by Crippen LogP contribution is -2.46. The van der Waals surface area contributed by atoms with Gasteiger partial charge in [-0.1, -0.05) is 23.4 Å². The number of rotatable bonds is 7. The number of nitrogens with one attached hydrogen (secondary N) is 1. The van der Waals surface area contributed by atoms with Crippen LogP contribution >= 0.6 is 0 Å². The van der Waals surface area contributed by atoms with Crippen molar-refractivity contribution in [2.45, 2.75) is 43.6 Å². The largest absolute Gasteiger partial charge is 0.376 e. The van der Waals surface area contributed by atoms with Gasteiger partial charge in [-0.2, -0.15) is 4.31 Å². The summed E-state index contributed by atoms with van der Waals surface area (Å²) in [5.74, 6) is -0.998.